The third-order valence-corrected chi connectivity index (χ3v) is 6.68. The summed E-state index contributed by atoms with van der Waals surface area (Å²) in [7, 11) is 2.70. The number of nitrogens with zero attached hydrogens (tertiary/aromatic N) is 2. The average molecular weight is 545 g/mol. The highest BCUT2D eigenvalue weighted by molar-refractivity contribution is 6.32. The summed E-state index contributed by atoms with van der Waals surface area (Å²) in [6.45, 7) is 5.21. The van der Waals surface area contributed by atoms with Gasteiger partial charge in [0.25, 0.3) is 5.91 Å². The molecular weight excluding hydrogens is 521 g/mol. The Morgan fingerprint density at radius 2 is 1.71 bits per heavy atom. The second kappa shape index (κ2) is 10.1. The van der Waals surface area contributed by atoms with Gasteiger partial charge in [0.1, 0.15) is 5.75 Å². The number of allylic oxidation sites excluding steroid dienone is 1. The summed E-state index contributed by atoms with van der Waals surface area (Å²) in [5.41, 5.74) is 2.23. The van der Waals surface area contributed by atoms with E-state index in [4.69, 9.17) is 21.1 Å². The molecule has 0 N–H and O–H groups in total. The number of hydrogen-bond acceptors (Lipinski definition) is 4. The van der Waals surface area contributed by atoms with Crippen molar-refractivity contribution in [3.8, 4) is 11.4 Å². The Labute approximate surface area is 222 Å². The fraction of sp³-hybridized carbons (Fsp3) is 0.214. The first kappa shape index (κ1) is 27.1. The first-order chi connectivity index (χ1) is 17.9. The van der Waals surface area contributed by atoms with E-state index in [0.717, 1.165) is 34.1 Å². The summed E-state index contributed by atoms with van der Waals surface area (Å²) in [6.07, 6.45) is -3.04. The van der Waals surface area contributed by atoms with E-state index in [-0.39, 0.29) is 22.5 Å². The molecule has 0 aliphatic carbocycles. The fourth-order valence-electron chi connectivity index (χ4n) is 4.59. The highest BCUT2D eigenvalue weighted by Gasteiger charge is 2.39. The quantitative estimate of drug-likeness (QED) is 0.266. The predicted molar refractivity (Wildman–Crippen MR) is 138 cm³/mol. The monoisotopic (exact) mass is 544 g/mol. The van der Waals surface area contributed by atoms with Crippen LogP contribution in [0.1, 0.15) is 29.4 Å². The lowest BCUT2D eigenvalue weighted by Gasteiger charge is -2.19. The van der Waals surface area contributed by atoms with E-state index in [2.05, 4.69) is 0 Å². The predicted octanol–water partition coefficient (Wildman–Crippen LogP) is 6.65. The van der Waals surface area contributed by atoms with E-state index in [1.54, 1.807) is 18.2 Å². The molecule has 0 saturated heterocycles. The number of aryl methyl sites for hydroxylation is 1. The molecule has 0 spiro atoms. The molecule has 0 bridgehead atoms. The third kappa shape index (κ3) is 4.69. The Morgan fingerprint density at radius 3 is 2.32 bits per heavy atom. The van der Waals surface area contributed by atoms with Gasteiger partial charge in [0, 0.05) is 28.5 Å². The minimum atomic E-state index is -4.60. The van der Waals surface area contributed by atoms with E-state index in [1.165, 1.54) is 33.3 Å². The van der Waals surface area contributed by atoms with Gasteiger partial charge in [-0.25, -0.2) is 4.79 Å². The van der Waals surface area contributed by atoms with Gasteiger partial charge in [0.05, 0.1) is 36.0 Å². The van der Waals surface area contributed by atoms with Crippen molar-refractivity contribution in [2.45, 2.75) is 26.9 Å². The van der Waals surface area contributed by atoms with Crippen LogP contribution in [0, 0.1) is 13.8 Å². The number of benzene rings is 2. The summed E-state index contributed by atoms with van der Waals surface area (Å²) < 4.78 is 52.1. The second-order valence-electron chi connectivity index (χ2n) is 8.68. The molecular formula is C28H24ClF3N2O4. The van der Waals surface area contributed by atoms with Crippen molar-refractivity contribution >= 4 is 35.2 Å². The maximum atomic E-state index is 13.6. The number of rotatable bonds is 5. The zero-order valence-electron chi connectivity index (χ0n) is 21.2. The number of aromatic nitrogens is 1. The van der Waals surface area contributed by atoms with Crippen LogP contribution < -0.4 is 9.64 Å². The van der Waals surface area contributed by atoms with Crippen LogP contribution >= 0.6 is 11.6 Å². The Kier molecular flexibility index (Phi) is 7.16. The molecule has 1 aliphatic heterocycles. The van der Waals surface area contributed by atoms with Gasteiger partial charge in [-0.15, -0.1) is 0 Å². The van der Waals surface area contributed by atoms with Gasteiger partial charge < -0.3 is 14.0 Å². The maximum absolute atomic E-state index is 13.6. The van der Waals surface area contributed by atoms with Gasteiger partial charge >= 0.3 is 12.1 Å². The van der Waals surface area contributed by atoms with Gasteiger partial charge in [-0.05, 0) is 74.9 Å². The standard InChI is InChI=1S/C28H24ClF3N2O4/c1-15-11-18(16(2)33(15)21-9-10-24(37-4)23(29)14-21)12-22-25(27(36)38-5)17(3)34(26(22)35)20-8-6-7-19(13-20)28(30,31)32/h6-14H,1-5H3/b22-12-. The highest BCUT2D eigenvalue weighted by atomic mass is 35.5. The van der Waals surface area contributed by atoms with Crippen LogP contribution in [0.2, 0.25) is 5.02 Å². The molecule has 4 rings (SSSR count). The second-order valence-corrected chi connectivity index (χ2v) is 9.09. The zero-order valence-corrected chi connectivity index (χ0v) is 22.0. The van der Waals surface area contributed by atoms with Gasteiger partial charge in [-0.3, -0.25) is 9.69 Å². The smallest absolute Gasteiger partial charge is 0.416 e. The lowest BCUT2D eigenvalue weighted by Crippen LogP contribution is -2.25. The van der Waals surface area contributed by atoms with E-state index < -0.39 is 23.6 Å². The molecule has 2 aromatic carbocycles. The van der Waals surface area contributed by atoms with Gasteiger partial charge in [-0.2, -0.15) is 13.2 Å². The van der Waals surface area contributed by atoms with Crippen molar-refractivity contribution in [3.05, 3.63) is 92.9 Å². The van der Waals surface area contributed by atoms with Crippen molar-refractivity contribution in [2.24, 2.45) is 0 Å². The number of amides is 1. The van der Waals surface area contributed by atoms with E-state index >= 15 is 0 Å². The number of anilines is 1. The molecule has 1 aliphatic rings. The lowest BCUT2D eigenvalue weighted by atomic mass is 10.0. The molecule has 1 aromatic heterocycles. The number of carbonyl (C=O) groups is 2. The largest absolute Gasteiger partial charge is 0.495 e. The molecule has 198 valence electrons. The van der Waals surface area contributed by atoms with Gasteiger partial charge in [0.2, 0.25) is 0 Å². The summed E-state index contributed by atoms with van der Waals surface area (Å²) in [4.78, 5) is 27.4. The number of methoxy groups -OCH3 is 2. The van der Waals surface area contributed by atoms with E-state index in [0.29, 0.717) is 16.3 Å². The molecule has 0 fully saturated rings. The number of hydrogen-bond donors (Lipinski definition) is 0. The highest BCUT2D eigenvalue weighted by Crippen LogP contribution is 2.39. The molecule has 3 aromatic rings. The molecule has 1 amide bonds. The first-order valence-electron chi connectivity index (χ1n) is 11.4. The number of ether oxygens (including phenoxy) is 2. The number of alkyl halides is 3. The molecule has 2 heterocycles. The molecule has 0 atom stereocenters. The van der Waals surface area contributed by atoms with Crippen LogP contribution in [-0.2, 0) is 20.5 Å². The molecule has 6 nitrogen and oxygen atoms in total. The van der Waals surface area contributed by atoms with Gasteiger partial charge in [-0.1, -0.05) is 17.7 Å². The van der Waals surface area contributed by atoms with Crippen LogP contribution in [0.5, 0.6) is 5.75 Å². The summed E-state index contributed by atoms with van der Waals surface area (Å²) >= 11 is 6.32. The summed E-state index contributed by atoms with van der Waals surface area (Å²) in [6, 6.07) is 11.5. The van der Waals surface area contributed by atoms with Crippen LogP contribution in [0.25, 0.3) is 11.8 Å². The maximum Gasteiger partial charge on any atom is 0.416 e. The molecule has 10 heteroatoms. The van der Waals surface area contributed by atoms with Gasteiger partial charge in [0.15, 0.2) is 0 Å². The number of halogens is 4. The van der Waals surface area contributed by atoms with Crippen molar-refractivity contribution < 1.29 is 32.2 Å². The Balaban J connectivity index is 1.84. The third-order valence-electron chi connectivity index (χ3n) is 6.38. The molecule has 0 saturated carbocycles. The molecule has 0 unspecified atom stereocenters. The average Bonchev–Trinajstić information content (AvgIpc) is 3.28. The first-order valence-corrected chi connectivity index (χ1v) is 11.8. The Morgan fingerprint density at radius 1 is 1.00 bits per heavy atom. The lowest BCUT2D eigenvalue weighted by molar-refractivity contribution is -0.137. The minimum absolute atomic E-state index is 0.00882. The Hall–Kier alpha value is -3.98. The Bertz CT molecular complexity index is 1520. The SMILES string of the molecule is COC(=O)C1=C(C)N(c2cccc(C(F)(F)F)c2)C(=O)/C1=C\c1cc(C)n(-c2ccc(OC)c(Cl)c2)c1C. The number of esters is 1. The molecule has 38 heavy (non-hydrogen) atoms. The van der Waals surface area contributed by atoms with Crippen LogP contribution in [0.15, 0.2) is 65.4 Å². The zero-order chi connectivity index (χ0) is 27.9. The van der Waals surface area contributed by atoms with Crippen molar-refractivity contribution in [1.82, 2.24) is 4.57 Å². The van der Waals surface area contributed by atoms with Crippen LogP contribution in [0.4, 0.5) is 18.9 Å². The fourth-order valence-corrected chi connectivity index (χ4v) is 4.85. The van der Waals surface area contributed by atoms with Crippen LogP contribution in [-0.4, -0.2) is 30.7 Å². The van der Waals surface area contributed by atoms with E-state index in [1.807, 2.05) is 30.5 Å². The van der Waals surface area contributed by atoms with Crippen molar-refractivity contribution in [2.75, 3.05) is 19.1 Å². The van der Waals surface area contributed by atoms with Crippen LogP contribution in [0.3, 0.4) is 0 Å². The summed E-state index contributed by atoms with van der Waals surface area (Å²) in [5, 5.41) is 0.423. The molecule has 0 radical (unpaired) electrons. The van der Waals surface area contributed by atoms with Crippen molar-refractivity contribution in [3.63, 3.8) is 0 Å². The normalized spacial score (nSPS) is 15.0. The number of carbonyl (C=O) groups excluding carboxylic acids is 2. The topological polar surface area (TPSA) is 60.8 Å². The van der Waals surface area contributed by atoms with Crippen molar-refractivity contribution in [1.29, 1.82) is 0 Å². The summed E-state index contributed by atoms with van der Waals surface area (Å²) in [5.74, 6) is -0.887. The van der Waals surface area contributed by atoms with E-state index in [9.17, 15) is 22.8 Å². The minimum Gasteiger partial charge on any atom is -0.495 e.